The summed E-state index contributed by atoms with van der Waals surface area (Å²) in [4.78, 5) is 4.71. The second kappa shape index (κ2) is 27.7. The fourth-order valence-electron chi connectivity index (χ4n) is 25.9. The van der Waals surface area contributed by atoms with E-state index >= 15 is 0 Å². The summed E-state index contributed by atoms with van der Waals surface area (Å²) in [5, 5.41) is 4.76. The van der Waals surface area contributed by atoms with Gasteiger partial charge in [0.2, 0.25) is 0 Å². The minimum atomic E-state index is 0.187. The first kappa shape index (κ1) is 69.8. The SMILES string of the molecule is c1ccc(-c2ccc(N(c3ccc(-c4ccc(-c5cccc6c5-c5ccccc5C65C6CC7CC(C6)CC5C7)cc4)cc3)c3ccc4c(c3)oc3ccccc34)cc2)cc1.c1ccc(N(c2ccc(-c3ccc(-c4cccc5c4-c4ccccc4C54C5CC6CC(C5)CC4C6)cc3)cc2)c2ccc3c(c2)c2ccccc2n3-c2ccccc2)cc1. The maximum Gasteiger partial charge on any atom is 0.137 e. The van der Waals surface area contributed by atoms with Crippen molar-refractivity contribution in [2.45, 2.75) is 75.0 Å². The molecule has 2 spiro atoms. The standard InChI is InChI=1S/C58H46N2.C58H45NO/c1-3-12-45(13-4-1)59(48-30-31-56-52(37-48)50-16-8-10-21-55(50)60(56)46-14-5-2-6-15-46)47-28-26-41(27-29-47)40-22-24-42(25-23-40)49-18-11-20-54-57(49)51-17-7-9-19-53(51)58(54)43-33-38-32-39(35-43)36-44(58)34-38;1-2-9-39(10-3-1)41-21-25-46(26-22-41)59(48-29-30-51-50-11-5-7-16-55(50)60-56(51)36-48)47-27-23-42(24-28-47)40-17-19-43(20-18-40)49-13-8-15-54-57(49)52-12-4-6-14-53(52)58(54)44-32-37-31-38(34-44)35-45(58)33-37/h1-31,37-39,43-44H,32-36H2;1-30,36-38,44-45H,31-35H2. The molecule has 0 unspecified atom stereocenters. The van der Waals surface area contributed by atoms with Crippen LogP contribution in [0.3, 0.4) is 0 Å². The minimum Gasteiger partial charge on any atom is -0.456 e. The van der Waals surface area contributed by atoms with Crippen molar-refractivity contribution in [1.29, 1.82) is 0 Å². The van der Waals surface area contributed by atoms with Gasteiger partial charge in [0.15, 0.2) is 0 Å². The number of fused-ring (bicyclic) bond motifs is 12. The molecular formula is C116H91N3O. The number of nitrogens with zero attached hydrogens (tertiary/aromatic N) is 3. The lowest BCUT2D eigenvalue weighted by atomic mass is 9.43. The minimum absolute atomic E-state index is 0.187. The molecule has 0 saturated heterocycles. The van der Waals surface area contributed by atoms with E-state index in [2.05, 4.69) is 384 Å². The van der Waals surface area contributed by atoms with Crippen molar-refractivity contribution in [2.75, 3.05) is 9.80 Å². The van der Waals surface area contributed by atoms with Crippen molar-refractivity contribution < 1.29 is 4.42 Å². The highest BCUT2D eigenvalue weighted by atomic mass is 16.3. The van der Waals surface area contributed by atoms with E-state index in [4.69, 9.17) is 4.42 Å². The maximum absolute atomic E-state index is 6.38. The van der Waals surface area contributed by atoms with Gasteiger partial charge in [-0.2, -0.15) is 0 Å². The second-order valence-electron chi connectivity index (χ2n) is 36.2. The number of para-hydroxylation sites is 4. The van der Waals surface area contributed by atoms with Crippen LogP contribution in [0.2, 0.25) is 0 Å². The average molecular weight is 1540 g/mol. The van der Waals surface area contributed by atoms with Crippen LogP contribution in [-0.2, 0) is 10.8 Å². The van der Waals surface area contributed by atoms with Gasteiger partial charge in [-0.25, -0.2) is 0 Å². The summed E-state index contributed by atoms with van der Waals surface area (Å²) in [7, 11) is 0. The van der Waals surface area contributed by atoms with Crippen LogP contribution in [0.15, 0.2) is 387 Å². The summed E-state index contributed by atoms with van der Waals surface area (Å²) in [6.45, 7) is 0. The molecule has 0 atom stereocenters. The van der Waals surface area contributed by atoms with Crippen LogP contribution in [0.1, 0.15) is 86.5 Å². The average Bonchev–Trinajstić information content (AvgIpc) is 1.50. The lowest BCUT2D eigenvalue weighted by molar-refractivity contribution is -0.0399. The third kappa shape index (κ3) is 10.8. The summed E-state index contributed by atoms with van der Waals surface area (Å²) in [6, 6.07) is 142. The number of hydrogen-bond acceptors (Lipinski definition) is 3. The van der Waals surface area contributed by atoms with Gasteiger partial charge in [0.05, 0.1) is 11.0 Å². The van der Waals surface area contributed by atoms with Gasteiger partial charge in [-0.1, -0.05) is 273 Å². The van der Waals surface area contributed by atoms with Crippen LogP contribution < -0.4 is 9.80 Å². The number of aromatic nitrogens is 1. The van der Waals surface area contributed by atoms with E-state index in [1.54, 1.807) is 22.3 Å². The monoisotopic (exact) mass is 1540 g/mol. The van der Waals surface area contributed by atoms with E-state index in [0.29, 0.717) is 0 Å². The van der Waals surface area contributed by atoms with Gasteiger partial charge in [-0.05, 0) is 315 Å². The molecule has 8 fully saturated rings. The smallest absolute Gasteiger partial charge is 0.137 e. The fourth-order valence-corrected chi connectivity index (χ4v) is 25.9. The zero-order chi connectivity index (χ0) is 78.7. The van der Waals surface area contributed by atoms with Crippen molar-refractivity contribution in [3.05, 3.63) is 404 Å². The molecular weight excluding hydrogens is 1450 g/mol. The van der Waals surface area contributed by atoms with Crippen LogP contribution in [0.5, 0.6) is 0 Å². The first-order chi connectivity index (χ1) is 59.4. The van der Waals surface area contributed by atoms with Crippen LogP contribution >= 0.6 is 0 Å². The van der Waals surface area contributed by atoms with Crippen LogP contribution in [-0.4, -0.2) is 4.57 Å². The molecule has 18 aromatic rings. The third-order valence-electron chi connectivity index (χ3n) is 30.3. The number of benzene rings is 16. The van der Waals surface area contributed by atoms with Gasteiger partial charge in [0.25, 0.3) is 0 Å². The summed E-state index contributed by atoms with van der Waals surface area (Å²) in [5.74, 6) is 6.89. The summed E-state index contributed by atoms with van der Waals surface area (Å²) in [6.07, 6.45) is 14.3. The zero-order valence-corrected chi connectivity index (χ0v) is 67.3. The van der Waals surface area contributed by atoms with E-state index in [1.807, 2.05) is 12.1 Å². The lowest BCUT2D eigenvalue weighted by Crippen LogP contribution is -2.55. The molecule has 576 valence electrons. The molecule has 0 N–H and O–H groups in total. The molecule has 0 amide bonds. The van der Waals surface area contributed by atoms with Gasteiger partial charge in [0.1, 0.15) is 11.2 Å². The molecule has 0 radical (unpaired) electrons. The molecule has 10 aliphatic carbocycles. The van der Waals surface area contributed by atoms with Crippen LogP contribution in [0.25, 0.3) is 127 Å². The van der Waals surface area contributed by atoms with E-state index in [1.165, 1.54) is 170 Å². The van der Waals surface area contributed by atoms with Gasteiger partial charge in [0, 0.05) is 78.3 Å². The third-order valence-corrected chi connectivity index (χ3v) is 30.3. The van der Waals surface area contributed by atoms with E-state index in [-0.39, 0.29) is 10.8 Å². The Morgan fingerprint density at radius 2 is 0.567 bits per heavy atom. The van der Waals surface area contributed by atoms with Crippen LogP contribution in [0.4, 0.5) is 34.1 Å². The Hall–Kier alpha value is -13.3. The lowest BCUT2D eigenvalue weighted by Gasteiger charge is -2.61. The molecule has 2 heterocycles. The Kier molecular flexibility index (Phi) is 16.1. The highest BCUT2D eigenvalue weighted by molar-refractivity contribution is 6.11. The van der Waals surface area contributed by atoms with Crippen molar-refractivity contribution in [3.63, 3.8) is 0 Å². The largest absolute Gasteiger partial charge is 0.456 e. The Morgan fingerprint density at radius 1 is 0.225 bits per heavy atom. The van der Waals surface area contributed by atoms with Gasteiger partial charge < -0.3 is 18.8 Å². The Bertz CT molecular complexity index is 6960. The number of anilines is 6. The molecule has 28 rings (SSSR count). The second-order valence-corrected chi connectivity index (χ2v) is 36.2. The molecule has 10 aliphatic rings. The Balaban J connectivity index is 0.000000133. The quantitative estimate of drug-likeness (QED) is 0.122. The zero-order valence-electron chi connectivity index (χ0n) is 67.3. The topological polar surface area (TPSA) is 24.6 Å². The maximum atomic E-state index is 6.38. The number of hydrogen-bond donors (Lipinski definition) is 0. The molecule has 16 aromatic carbocycles. The molecule has 8 saturated carbocycles. The normalized spacial score (nSPS) is 22.1. The van der Waals surface area contributed by atoms with E-state index in [9.17, 15) is 0 Å². The van der Waals surface area contributed by atoms with Crippen molar-refractivity contribution in [1.82, 2.24) is 4.57 Å². The van der Waals surface area contributed by atoms with Gasteiger partial charge in [-0.3, -0.25) is 0 Å². The van der Waals surface area contributed by atoms with E-state index in [0.717, 1.165) is 103 Å². The van der Waals surface area contributed by atoms with Gasteiger partial charge >= 0.3 is 0 Å². The van der Waals surface area contributed by atoms with E-state index < -0.39 is 0 Å². The van der Waals surface area contributed by atoms with Crippen molar-refractivity contribution >= 4 is 77.9 Å². The highest BCUT2D eigenvalue weighted by Crippen LogP contribution is 2.72. The number of rotatable bonds is 12. The fraction of sp³-hybridized carbons (Fsp3) is 0.172. The number of furan rings is 1. The predicted molar refractivity (Wildman–Crippen MR) is 498 cm³/mol. The molecule has 0 aliphatic heterocycles. The first-order valence-electron chi connectivity index (χ1n) is 44.1. The van der Waals surface area contributed by atoms with Gasteiger partial charge in [-0.15, -0.1) is 0 Å². The molecule has 4 heteroatoms. The van der Waals surface area contributed by atoms with Crippen molar-refractivity contribution in [3.8, 4) is 83.6 Å². The molecule has 8 bridgehead atoms. The van der Waals surface area contributed by atoms with Crippen molar-refractivity contribution in [2.24, 2.45) is 47.3 Å². The Labute approximate surface area is 702 Å². The summed E-state index contributed by atoms with van der Waals surface area (Å²) in [5.41, 5.74) is 37.5. The molecule has 4 nitrogen and oxygen atoms in total. The molecule has 120 heavy (non-hydrogen) atoms. The first-order valence-corrected chi connectivity index (χ1v) is 44.1. The van der Waals surface area contributed by atoms with Crippen LogP contribution in [0, 0.1) is 47.3 Å². The molecule has 2 aromatic heterocycles. The summed E-state index contributed by atoms with van der Waals surface area (Å²) < 4.78 is 8.76. The highest BCUT2D eigenvalue weighted by Gasteiger charge is 2.63. The summed E-state index contributed by atoms with van der Waals surface area (Å²) >= 11 is 0. The Morgan fingerprint density at radius 3 is 1.07 bits per heavy atom. The predicted octanol–water partition coefficient (Wildman–Crippen LogP) is 31.1.